The molecule has 0 aliphatic carbocycles. The molecule has 0 unspecified atom stereocenters. The summed E-state index contributed by atoms with van der Waals surface area (Å²) in [5, 5.41) is 0. The molecule has 16 heavy (non-hydrogen) atoms. The minimum Gasteiger partial charge on any atom is -0.368 e. The first-order valence-corrected chi connectivity index (χ1v) is 5.91. The fourth-order valence-corrected chi connectivity index (χ4v) is 2.66. The number of benzene rings is 1. The summed E-state index contributed by atoms with van der Waals surface area (Å²) in [5.74, 6) is -0.577. The van der Waals surface area contributed by atoms with E-state index in [2.05, 4.69) is 15.9 Å². The number of alkyl halides is 2. The van der Waals surface area contributed by atoms with Crippen LogP contribution in [0.25, 0.3) is 0 Å². The lowest BCUT2D eigenvalue weighted by Gasteiger charge is -2.20. The van der Waals surface area contributed by atoms with E-state index in [1.54, 1.807) is 0 Å². The lowest BCUT2D eigenvalue weighted by molar-refractivity contribution is 0.151. The molecule has 1 aliphatic rings. The molecular formula is C11H11BrF3N. The van der Waals surface area contributed by atoms with Crippen LogP contribution in [-0.2, 0) is 0 Å². The van der Waals surface area contributed by atoms with Gasteiger partial charge in [-0.3, -0.25) is 0 Å². The van der Waals surface area contributed by atoms with Crippen molar-refractivity contribution in [2.45, 2.75) is 19.3 Å². The third kappa shape index (κ3) is 2.19. The third-order valence-corrected chi connectivity index (χ3v) is 3.32. The predicted octanol–water partition coefficient (Wildman–Crippen LogP) is 4.13. The minimum absolute atomic E-state index is 0.285. The molecule has 1 saturated heterocycles. The van der Waals surface area contributed by atoms with Gasteiger partial charge in [0.1, 0.15) is 5.82 Å². The molecule has 0 aromatic heterocycles. The molecule has 0 spiro atoms. The highest BCUT2D eigenvalue weighted by Gasteiger charge is 2.21. The van der Waals surface area contributed by atoms with Crippen molar-refractivity contribution in [3.63, 3.8) is 0 Å². The average Bonchev–Trinajstić information content (AvgIpc) is 2.69. The van der Waals surface area contributed by atoms with Crippen LogP contribution in [0.1, 0.15) is 24.8 Å². The topological polar surface area (TPSA) is 3.24 Å². The largest absolute Gasteiger partial charge is 0.368 e. The number of rotatable bonds is 2. The summed E-state index contributed by atoms with van der Waals surface area (Å²) in [6.45, 7) is 1.56. The normalized spacial score (nSPS) is 16.2. The van der Waals surface area contributed by atoms with Crippen LogP contribution < -0.4 is 4.90 Å². The summed E-state index contributed by atoms with van der Waals surface area (Å²) in [4.78, 5) is 1.88. The van der Waals surface area contributed by atoms with Crippen LogP contribution in [0, 0.1) is 5.82 Å². The highest BCUT2D eigenvalue weighted by atomic mass is 79.9. The smallest absolute Gasteiger partial charge is 0.263 e. The Balaban J connectivity index is 2.38. The van der Waals surface area contributed by atoms with Crippen LogP contribution in [0.2, 0.25) is 0 Å². The fraction of sp³-hybridized carbons (Fsp3) is 0.455. The first kappa shape index (κ1) is 11.8. The van der Waals surface area contributed by atoms with E-state index in [0.717, 1.165) is 32.0 Å². The quantitative estimate of drug-likeness (QED) is 0.793. The Labute approximate surface area is 100 Å². The van der Waals surface area contributed by atoms with Gasteiger partial charge in [-0.2, -0.15) is 0 Å². The van der Waals surface area contributed by atoms with Crippen molar-refractivity contribution in [2.24, 2.45) is 0 Å². The summed E-state index contributed by atoms with van der Waals surface area (Å²) >= 11 is 3.16. The molecule has 0 radical (unpaired) electrons. The molecule has 0 N–H and O–H groups in total. The van der Waals surface area contributed by atoms with Crippen LogP contribution in [0.15, 0.2) is 16.6 Å². The van der Waals surface area contributed by atoms with Gasteiger partial charge in [0.05, 0.1) is 5.69 Å². The van der Waals surface area contributed by atoms with Crippen molar-refractivity contribution in [3.8, 4) is 0 Å². The molecule has 2 rings (SSSR count). The van der Waals surface area contributed by atoms with Crippen molar-refractivity contribution >= 4 is 21.6 Å². The standard InChI is InChI=1S/C11H11BrF3N/c12-8-5-7(11(14)15)6-9(13)10(8)16-3-1-2-4-16/h5-6,11H,1-4H2. The zero-order valence-corrected chi connectivity index (χ0v) is 10.1. The van der Waals surface area contributed by atoms with E-state index in [4.69, 9.17) is 0 Å². The van der Waals surface area contributed by atoms with E-state index in [-0.39, 0.29) is 5.56 Å². The first-order chi connectivity index (χ1) is 7.59. The molecule has 1 heterocycles. The maximum absolute atomic E-state index is 13.7. The lowest BCUT2D eigenvalue weighted by atomic mass is 10.2. The van der Waals surface area contributed by atoms with Gasteiger partial charge in [0.15, 0.2) is 0 Å². The van der Waals surface area contributed by atoms with Gasteiger partial charge < -0.3 is 4.90 Å². The Morgan fingerprint density at radius 3 is 2.31 bits per heavy atom. The molecule has 1 aromatic rings. The molecule has 0 atom stereocenters. The Bertz CT molecular complexity index is 366. The van der Waals surface area contributed by atoms with Crippen LogP contribution in [-0.4, -0.2) is 13.1 Å². The molecule has 1 aromatic carbocycles. The van der Waals surface area contributed by atoms with E-state index in [1.807, 2.05) is 4.90 Å². The first-order valence-electron chi connectivity index (χ1n) is 5.11. The Morgan fingerprint density at radius 2 is 1.81 bits per heavy atom. The Hall–Kier alpha value is -0.710. The predicted molar refractivity (Wildman–Crippen MR) is 60.5 cm³/mol. The molecule has 1 fully saturated rings. The summed E-state index contributed by atoms with van der Waals surface area (Å²) in [7, 11) is 0. The summed E-state index contributed by atoms with van der Waals surface area (Å²) in [5.41, 5.74) is 0.120. The molecule has 0 saturated carbocycles. The number of hydrogen-bond acceptors (Lipinski definition) is 1. The zero-order valence-electron chi connectivity index (χ0n) is 8.52. The Morgan fingerprint density at radius 1 is 1.19 bits per heavy atom. The number of nitrogens with zero attached hydrogens (tertiary/aromatic N) is 1. The van der Waals surface area contributed by atoms with Gasteiger partial charge in [-0.05, 0) is 40.9 Å². The molecule has 88 valence electrons. The summed E-state index contributed by atoms with van der Waals surface area (Å²) in [6, 6.07) is 2.21. The second-order valence-electron chi connectivity index (χ2n) is 3.83. The number of hydrogen-bond donors (Lipinski definition) is 0. The Kier molecular flexibility index (Phi) is 3.42. The van der Waals surface area contributed by atoms with E-state index in [0.29, 0.717) is 10.2 Å². The van der Waals surface area contributed by atoms with Gasteiger partial charge in [-0.15, -0.1) is 0 Å². The van der Waals surface area contributed by atoms with Gasteiger partial charge in [0.2, 0.25) is 0 Å². The van der Waals surface area contributed by atoms with Gasteiger partial charge in [-0.1, -0.05) is 0 Å². The lowest BCUT2D eigenvalue weighted by Crippen LogP contribution is -2.19. The van der Waals surface area contributed by atoms with Crippen molar-refractivity contribution in [1.29, 1.82) is 0 Å². The maximum atomic E-state index is 13.7. The fourth-order valence-electron chi connectivity index (χ4n) is 1.95. The van der Waals surface area contributed by atoms with Gasteiger partial charge >= 0.3 is 0 Å². The van der Waals surface area contributed by atoms with Gasteiger partial charge in [0, 0.05) is 23.1 Å². The maximum Gasteiger partial charge on any atom is 0.263 e. The van der Waals surface area contributed by atoms with Gasteiger partial charge in [0.25, 0.3) is 6.43 Å². The molecule has 0 amide bonds. The van der Waals surface area contributed by atoms with Crippen molar-refractivity contribution in [3.05, 3.63) is 28.0 Å². The minimum atomic E-state index is -2.64. The van der Waals surface area contributed by atoms with E-state index in [9.17, 15) is 13.2 Å². The molecule has 5 heteroatoms. The van der Waals surface area contributed by atoms with Crippen molar-refractivity contribution < 1.29 is 13.2 Å². The summed E-state index contributed by atoms with van der Waals surface area (Å²) < 4.78 is 39.0. The molecule has 0 bridgehead atoms. The van der Waals surface area contributed by atoms with Crippen molar-refractivity contribution in [1.82, 2.24) is 0 Å². The van der Waals surface area contributed by atoms with Crippen molar-refractivity contribution in [2.75, 3.05) is 18.0 Å². The van der Waals surface area contributed by atoms with E-state index in [1.165, 1.54) is 6.07 Å². The number of halogens is 4. The highest BCUT2D eigenvalue weighted by Crippen LogP contribution is 2.35. The SMILES string of the molecule is Fc1cc(C(F)F)cc(Br)c1N1CCCC1. The number of anilines is 1. The summed E-state index contributed by atoms with van der Waals surface area (Å²) in [6.07, 6.45) is -0.608. The molecular weight excluding hydrogens is 283 g/mol. The van der Waals surface area contributed by atoms with Crippen LogP contribution in [0.3, 0.4) is 0 Å². The monoisotopic (exact) mass is 293 g/mol. The second kappa shape index (κ2) is 4.65. The third-order valence-electron chi connectivity index (χ3n) is 2.71. The highest BCUT2D eigenvalue weighted by molar-refractivity contribution is 9.10. The van der Waals surface area contributed by atoms with Crippen LogP contribution in [0.5, 0.6) is 0 Å². The second-order valence-corrected chi connectivity index (χ2v) is 4.68. The van der Waals surface area contributed by atoms with Crippen LogP contribution in [0.4, 0.5) is 18.9 Å². The van der Waals surface area contributed by atoms with E-state index >= 15 is 0 Å². The molecule has 1 aliphatic heterocycles. The van der Waals surface area contributed by atoms with Crippen LogP contribution >= 0.6 is 15.9 Å². The zero-order chi connectivity index (χ0) is 11.7. The van der Waals surface area contributed by atoms with E-state index < -0.39 is 12.2 Å². The molecule has 1 nitrogen and oxygen atoms in total. The average molecular weight is 294 g/mol. The van der Waals surface area contributed by atoms with Gasteiger partial charge in [-0.25, -0.2) is 13.2 Å².